The first-order valence-corrected chi connectivity index (χ1v) is 9.52. The van der Waals surface area contributed by atoms with Crippen LogP contribution in [0.4, 0.5) is 5.82 Å². The SMILES string of the molecule is Nc1ncnc2c1c(-c1ccc(C[C@H](N)C(=O)O)cc1)cn2[C@H]1C[C@H](O)[C@@H](CO)O1. The predicted octanol–water partition coefficient (Wildman–Crippen LogP) is 0.276. The number of aliphatic carboxylic acids is 1. The summed E-state index contributed by atoms with van der Waals surface area (Å²) < 4.78 is 7.57. The molecule has 4 rings (SSSR count). The van der Waals surface area contributed by atoms with E-state index in [0.29, 0.717) is 23.3 Å². The third kappa shape index (κ3) is 3.61. The molecule has 30 heavy (non-hydrogen) atoms. The van der Waals surface area contributed by atoms with Gasteiger partial charge in [-0.1, -0.05) is 24.3 Å². The van der Waals surface area contributed by atoms with Crippen molar-refractivity contribution in [2.75, 3.05) is 12.3 Å². The number of aromatic nitrogens is 3. The van der Waals surface area contributed by atoms with Gasteiger partial charge in [-0.05, 0) is 17.5 Å². The average molecular weight is 413 g/mol. The molecule has 2 aromatic heterocycles. The number of nitrogens with two attached hydrogens (primary N) is 2. The summed E-state index contributed by atoms with van der Waals surface area (Å²) in [5.41, 5.74) is 14.7. The van der Waals surface area contributed by atoms with Crippen LogP contribution < -0.4 is 11.5 Å². The second-order valence-electron chi connectivity index (χ2n) is 7.37. The highest BCUT2D eigenvalue weighted by Crippen LogP contribution is 2.38. The van der Waals surface area contributed by atoms with Crippen LogP contribution in [-0.2, 0) is 16.0 Å². The highest BCUT2D eigenvalue weighted by molar-refractivity contribution is 6.00. The molecule has 7 N–H and O–H groups in total. The van der Waals surface area contributed by atoms with Gasteiger partial charge >= 0.3 is 5.97 Å². The summed E-state index contributed by atoms with van der Waals surface area (Å²) in [7, 11) is 0. The molecule has 158 valence electrons. The Labute approximate surface area is 171 Å². The maximum Gasteiger partial charge on any atom is 0.320 e. The van der Waals surface area contributed by atoms with E-state index in [0.717, 1.165) is 16.7 Å². The van der Waals surface area contributed by atoms with E-state index in [-0.39, 0.29) is 13.0 Å². The summed E-state index contributed by atoms with van der Waals surface area (Å²) in [6, 6.07) is 6.39. The standard InChI is InChI=1S/C20H23N5O5/c21-13(20(28)29)5-10-1-3-11(4-2-10)12-7-25(16-6-14(27)15(8-26)30-16)19-17(12)18(22)23-9-24-19/h1-4,7,9,13-16,26-27H,5-6,8,21H2,(H,28,29)(H2,22,23,24)/t13-,14-,15+,16+/m0/s1. The molecular weight excluding hydrogens is 390 g/mol. The van der Waals surface area contributed by atoms with Gasteiger partial charge in [-0.15, -0.1) is 0 Å². The molecular formula is C20H23N5O5. The summed E-state index contributed by atoms with van der Waals surface area (Å²) in [6.07, 6.45) is 1.79. The smallest absolute Gasteiger partial charge is 0.320 e. The Hall–Kier alpha value is -3.05. The van der Waals surface area contributed by atoms with Gasteiger partial charge in [0.25, 0.3) is 0 Å². The van der Waals surface area contributed by atoms with E-state index < -0.39 is 30.4 Å². The fourth-order valence-corrected chi connectivity index (χ4v) is 3.76. The second kappa shape index (κ2) is 8.00. The number of hydrogen-bond donors (Lipinski definition) is 5. The predicted molar refractivity (Wildman–Crippen MR) is 108 cm³/mol. The Balaban J connectivity index is 1.72. The van der Waals surface area contributed by atoms with Crippen LogP contribution in [0.2, 0.25) is 0 Å². The number of fused-ring (bicyclic) bond motifs is 1. The molecule has 0 spiro atoms. The molecule has 1 saturated heterocycles. The van der Waals surface area contributed by atoms with Gasteiger partial charge in [0.05, 0.1) is 18.1 Å². The minimum Gasteiger partial charge on any atom is -0.480 e. The first-order chi connectivity index (χ1) is 14.4. The molecule has 4 atom stereocenters. The van der Waals surface area contributed by atoms with Crippen LogP contribution in [0.25, 0.3) is 22.2 Å². The van der Waals surface area contributed by atoms with Crippen LogP contribution in [0, 0.1) is 0 Å². The van der Waals surface area contributed by atoms with E-state index in [1.807, 2.05) is 30.5 Å². The number of carbonyl (C=O) groups is 1. The molecule has 0 amide bonds. The van der Waals surface area contributed by atoms with E-state index in [1.165, 1.54) is 6.33 Å². The zero-order valence-corrected chi connectivity index (χ0v) is 16.0. The lowest BCUT2D eigenvalue weighted by atomic mass is 10.0. The highest BCUT2D eigenvalue weighted by Gasteiger charge is 2.35. The number of rotatable bonds is 6. The minimum atomic E-state index is -1.05. The number of ether oxygens (including phenoxy) is 1. The number of anilines is 1. The van der Waals surface area contributed by atoms with E-state index in [4.69, 9.17) is 21.3 Å². The van der Waals surface area contributed by atoms with Crippen molar-refractivity contribution in [1.29, 1.82) is 0 Å². The average Bonchev–Trinajstić information content (AvgIpc) is 3.29. The van der Waals surface area contributed by atoms with Gasteiger partial charge in [0.2, 0.25) is 0 Å². The summed E-state index contributed by atoms with van der Waals surface area (Å²) in [6.45, 7) is -0.277. The Morgan fingerprint density at radius 1 is 1.30 bits per heavy atom. The van der Waals surface area contributed by atoms with E-state index >= 15 is 0 Å². The maximum absolute atomic E-state index is 11.0. The lowest BCUT2D eigenvalue weighted by Crippen LogP contribution is -2.32. The van der Waals surface area contributed by atoms with Gasteiger partial charge in [0.15, 0.2) is 0 Å². The highest BCUT2D eigenvalue weighted by atomic mass is 16.5. The Morgan fingerprint density at radius 3 is 2.67 bits per heavy atom. The molecule has 3 aromatic rings. The quantitative estimate of drug-likeness (QED) is 0.381. The van der Waals surface area contributed by atoms with Gasteiger partial charge in [-0.3, -0.25) is 4.79 Å². The summed E-state index contributed by atoms with van der Waals surface area (Å²) in [5.74, 6) is -0.741. The van der Waals surface area contributed by atoms with Crippen LogP contribution in [0.1, 0.15) is 18.2 Å². The normalized spacial score (nSPS) is 22.4. The molecule has 1 aliphatic rings. The molecule has 0 saturated carbocycles. The number of nitrogens with zero attached hydrogens (tertiary/aromatic N) is 3. The third-order valence-electron chi connectivity index (χ3n) is 5.37. The zero-order valence-electron chi connectivity index (χ0n) is 16.0. The fourth-order valence-electron chi connectivity index (χ4n) is 3.76. The molecule has 10 nitrogen and oxygen atoms in total. The molecule has 0 unspecified atom stereocenters. The van der Waals surface area contributed by atoms with Crippen molar-refractivity contribution in [1.82, 2.24) is 14.5 Å². The third-order valence-corrected chi connectivity index (χ3v) is 5.37. The number of nitrogen functional groups attached to an aromatic ring is 1. The molecule has 10 heteroatoms. The lowest BCUT2D eigenvalue weighted by Gasteiger charge is -2.14. The number of carboxylic acids is 1. The molecule has 1 aromatic carbocycles. The first kappa shape index (κ1) is 20.2. The molecule has 1 fully saturated rings. The molecule has 0 radical (unpaired) electrons. The Kier molecular flexibility index (Phi) is 5.39. The van der Waals surface area contributed by atoms with Crippen molar-refractivity contribution in [2.24, 2.45) is 5.73 Å². The number of aliphatic hydroxyl groups is 2. The van der Waals surface area contributed by atoms with Crippen molar-refractivity contribution in [2.45, 2.75) is 37.3 Å². The lowest BCUT2D eigenvalue weighted by molar-refractivity contribution is -0.138. The molecule has 0 aliphatic carbocycles. The van der Waals surface area contributed by atoms with Gasteiger partial charge in [0, 0.05) is 18.2 Å². The number of aliphatic hydroxyl groups excluding tert-OH is 2. The van der Waals surface area contributed by atoms with Gasteiger partial charge in [-0.25, -0.2) is 9.97 Å². The topological polar surface area (TPSA) is 170 Å². The minimum absolute atomic E-state index is 0.221. The van der Waals surface area contributed by atoms with Crippen LogP contribution in [0.5, 0.6) is 0 Å². The molecule has 0 bridgehead atoms. The van der Waals surface area contributed by atoms with E-state index in [1.54, 1.807) is 4.57 Å². The van der Waals surface area contributed by atoms with E-state index in [2.05, 4.69) is 9.97 Å². The van der Waals surface area contributed by atoms with Gasteiger partial charge in [0.1, 0.15) is 36.2 Å². The van der Waals surface area contributed by atoms with Crippen molar-refractivity contribution in [3.8, 4) is 11.1 Å². The van der Waals surface area contributed by atoms with E-state index in [9.17, 15) is 15.0 Å². The monoisotopic (exact) mass is 413 g/mol. The van der Waals surface area contributed by atoms with Crippen molar-refractivity contribution in [3.63, 3.8) is 0 Å². The summed E-state index contributed by atoms with van der Waals surface area (Å²) >= 11 is 0. The summed E-state index contributed by atoms with van der Waals surface area (Å²) in [5, 5.41) is 29.1. The Morgan fingerprint density at radius 2 is 2.03 bits per heavy atom. The fraction of sp³-hybridized carbons (Fsp3) is 0.350. The van der Waals surface area contributed by atoms with Gasteiger partial charge in [-0.2, -0.15) is 0 Å². The van der Waals surface area contributed by atoms with Crippen molar-refractivity contribution < 1.29 is 24.9 Å². The number of carboxylic acid groups (broad SMARTS) is 1. The zero-order chi connectivity index (χ0) is 21.4. The van der Waals surface area contributed by atoms with Crippen LogP contribution in [0.3, 0.4) is 0 Å². The van der Waals surface area contributed by atoms with Gasteiger partial charge < -0.3 is 36.1 Å². The largest absolute Gasteiger partial charge is 0.480 e. The first-order valence-electron chi connectivity index (χ1n) is 9.52. The van der Waals surface area contributed by atoms with Crippen LogP contribution in [-0.4, -0.2) is 60.7 Å². The molecule has 1 aliphatic heterocycles. The number of hydrogen-bond acceptors (Lipinski definition) is 8. The Bertz CT molecular complexity index is 1070. The summed E-state index contributed by atoms with van der Waals surface area (Å²) in [4.78, 5) is 19.4. The maximum atomic E-state index is 11.0. The van der Waals surface area contributed by atoms with Crippen molar-refractivity contribution in [3.05, 3.63) is 42.4 Å². The van der Waals surface area contributed by atoms with Crippen LogP contribution in [0.15, 0.2) is 36.8 Å². The van der Waals surface area contributed by atoms with Crippen molar-refractivity contribution >= 4 is 22.8 Å². The van der Waals surface area contributed by atoms with Crippen LogP contribution >= 0.6 is 0 Å². The molecule has 3 heterocycles. The number of benzene rings is 1. The second-order valence-corrected chi connectivity index (χ2v) is 7.37.